The first-order valence-electron chi connectivity index (χ1n) is 18.0. The lowest BCUT2D eigenvalue weighted by molar-refractivity contribution is 0.482. The highest BCUT2D eigenvalue weighted by atomic mass is 32.2. The van der Waals surface area contributed by atoms with Crippen molar-refractivity contribution in [3.8, 4) is 0 Å². The van der Waals surface area contributed by atoms with Gasteiger partial charge in [0.1, 0.15) is 4.90 Å². The zero-order valence-corrected chi connectivity index (χ0v) is 28.3. The van der Waals surface area contributed by atoms with Gasteiger partial charge in [0, 0.05) is 5.39 Å². The third-order valence-corrected chi connectivity index (χ3v) is 9.99. The molecule has 0 radical (unpaired) electrons. The zero-order valence-electron chi connectivity index (χ0n) is 27.4. The summed E-state index contributed by atoms with van der Waals surface area (Å²) in [5.41, 5.74) is 1.93. The van der Waals surface area contributed by atoms with E-state index in [4.69, 9.17) is 0 Å². The van der Waals surface area contributed by atoms with Crippen LogP contribution in [0.25, 0.3) is 10.8 Å². The van der Waals surface area contributed by atoms with E-state index in [1.165, 1.54) is 140 Å². The maximum atomic E-state index is 12.5. The average molecular weight is 601 g/mol. The quantitative estimate of drug-likeness (QED) is 0.0819. The smallest absolute Gasteiger partial charge is 0.282 e. The number of benzene rings is 2. The van der Waals surface area contributed by atoms with Crippen LogP contribution >= 0.6 is 0 Å². The van der Waals surface area contributed by atoms with E-state index in [0.717, 1.165) is 36.6 Å². The molecule has 2 rings (SSSR count). The fourth-order valence-electron chi connectivity index (χ4n) is 6.37. The van der Waals surface area contributed by atoms with Crippen LogP contribution < -0.4 is 0 Å². The van der Waals surface area contributed by atoms with Crippen LogP contribution in [0.3, 0.4) is 0 Å². The summed E-state index contributed by atoms with van der Waals surface area (Å²) in [5.74, 6) is 0. The number of hydrogen-bond donors (Lipinski definition) is 1. The van der Waals surface area contributed by atoms with Gasteiger partial charge in [-0.3, -0.25) is 4.55 Å². The first kappa shape index (κ1) is 36.8. The van der Waals surface area contributed by atoms with Gasteiger partial charge in [0.15, 0.2) is 0 Å². The molecule has 0 amide bonds. The third-order valence-electron chi connectivity index (χ3n) is 8.99. The predicted octanol–water partition coefficient (Wildman–Crippen LogP) is 12.6. The van der Waals surface area contributed by atoms with Crippen LogP contribution in [0.15, 0.2) is 35.2 Å². The Balaban J connectivity index is 1.74. The Hall–Kier alpha value is -1.39. The first-order chi connectivity index (χ1) is 20.5. The molecule has 2 aromatic carbocycles. The van der Waals surface area contributed by atoms with Gasteiger partial charge >= 0.3 is 0 Å². The summed E-state index contributed by atoms with van der Waals surface area (Å²) in [6.07, 6.45) is 33.0. The molecule has 0 fully saturated rings. The van der Waals surface area contributed by atoms with Gasteiger partial charge < -0.3 is 0 Å². The molecule has 0 aliphatic carbocycles. The van der Waals surface area contributed by atoms with Crippen LogP contribution in [0.1, 0.15) is 179 Å². The molecule has 4 heteroatoms. The minimum Gasteiger partial charge on any atom is -0.282 e. The second kappa shape index (κ2) is 23.1. The maximum Gasteiger partial charge on any atom is 0.295 e. The molecule has 0 saturated carbocycles. The minimum absolute atomic E-state index is 0.139. The summed E-state index contributed by atoms with van der Waals surface area (Å²) in [4.78, 5) is 0.139. The topological polar surface area (TPSA) is 54.4 Å². The van der Waals surface area contributed by atoms with Crippen molar-refractivity contribution in [2.45, 2.75) is 186 Å². The van der Waals surface area contributed by atoms with Crippen LogP contribution in [-0.2, 0) is 23.0 Å². The van der Waals surface area contributed by atoms with Gasteiger partial charge in [-0.25, -0.2) is 0 Å². The van der Waals surface area contributed by atoms with Crippen molar-refractivity contribution < 1.29 is 13.0 Å². The number of rotatable bonds is 27. The fraction of sp³-hybridized carbons (Fsp3) is 0.737. The molecule has 0 aliphatic rings. The standard InChI is InChI=1S/C38H64O3S/c1-3-5-7-9-11-13-15-17-19-21-23-25-27-34-29-30-35-31-32-36(38(37(35)33-34)42(39,40)41)28-26-24-22-20-18-16-14-12-10-8-6-4-2/h29-33H,3-28H2,1-2H3,(H,39,40,41). The molecule has 0 unspecified atom stereocenters. The van der Waals surface area contributed by atoms with Crippen molar-refractivity contribution >= 4 is 20.9 Å². The average Bonchev–Trinajstić information content (AvgIpc) is 2.97. The van der Waals surface area contributed by atoms with E-state index in [2.05, 4.69) is 19.9 Å². The van der Waals surface area contributed by atoms with Crippen LogP contribution in [0.4, 0.5) is 0 Å². The highest BCUT2D eigenvalue weighted by Crippen LogP contribution is 2.30. The van der Waals surface area contributed by atoms with E-state index in [9.17, 15) is 13.0 Å². The molecule has 0 atom stereocenters. The number of fused-ring (bicyclic) bond motifs is 1. The van der Waals surface area contributed by atoms with Gasteiger partial charge in [0.2, 0.25) is 0 Å². The van der Waals surface area contributed by atoms with Crippen molar-refractivity contribution in [3.05, 3.63) is 41.5 Å². The van der Waals surface area contributed by atoms with Crippen molar-refractivity contribution in [2.75, 3.05) is 0 Å². The highest BCUT2D eigenvalue weighted by molar-refractivity contribution is 7.86. The molecule has 3 nitrogen and oxygen atoms in total. The SMILES string of the molecule is CCCCCCCCCCCCCCc1ccc2ccc(CCCCCCCCCCCCCC)c(S(=O)(=O)O)c2c1. The van der Waals surface area contributed by atoms with Crippen molar-refractivity contribution in [2.24, 2.45) is 0 Å². The van der Waals surface area contributed by atoms with E-state index in [-0.39, 0.29) is 4.90 Å². The molecule has 42 heavy (non-hydrogen) atoms. The molecular formula is C38H64O3S. The number of unbranched alkanes of at least 4 members (excludes halogenated alkanes) is 22. The molecule has 0 aliphatic heterocycles. The molecule has 0 spiro atoms. The first-order valence-corrected chi connectivity index (χ1v) is 19.4. The Kier molecular flexibility index (Phi) is 20.2. The molecule has 0 heterocycles. The lowest BCUT2D eigenvalue weighted by Crippen LogP contribution is -2.05. The lowest BCUT2D eigenvalue weighted by atomic mass is 9.98. The summed E-state index contributed by atoms with van der Waals surface area (Å²) in [5, 5.41) is 1.57. The van der Waals surface area contributed by atoms with Gasteiger partial charge in [0.05, 0.1) is 0 Å². The predicted molar refractivity (Wildman–Crippen MR) is 183 cm³/mol. The molecule has 0 bridgehead atoms. The molecular weight excluding hydrogens is 536 g/mol. The van der Waals surface area contributed by atoms with Crippen LogP contribution in [0.2, 0.25) is 0 Å². The van der Waals surface area contributed by atoms with E-state index in [1.807, 2.05) is 24.3 Å². The van der Waals surface area contributed by atoms with Crippen LogP contribution in [0, 0.1) is 0 Å². The second-order valence-electron chi connectivity index (χ2n) is 12.9. The molecule has 0 saturated heterocycles. The Bertz CT molecular complexity index is 1050. The third kappa shape index (κ3) is 15.9. The Labute approximate surface area is 260 Å². The van der Waals surface area contributed by atoms with E-state index in [0.29, 0.717) is 11.8 Å². The summed E-state index contributed by atoms with van der Waals surface area (Å²) in [6, 6.07) is 10.1. The molecule has 240 valence electrons. The maximum absolute atomic E-state index is 12.5. The van der Waals surface area contributed by atoms with Crippen LogP contribution in [-0.4, -0.2) is 13.0 Å². The summed E-state index contributed by atoms with van der Waals surface area (Å²) in [6.45, 7) is 4.54. The monoisotopic (exact) mass is 600 g/mol. The van der Waals surface area contributed by atoms with Crippen molar-refractivity contribution in [3.63, 3.8) is 0 Å². The van der Waals surface area contributed by atoms with E-state index >= 15 is 0 Å². The van der Waals surface area contributed by atoms with Crippen molar-refractivity contribution in [1.82, 2.24) is 0 Å². The van der Waals surface area contributed by atoms with Gasteiger partial charge in [0.25, 0.3) is 10.1 Å². The largest absolute Gasteiger partial charge is 0.295 e. The Morgan fingerprint density at radius 2 is 0.881 bits per heavy atom. The van der Waals surface area contributed by atoms with Crippen LogP contribution in [0.5, 0.6) is 0 Å². The Morgan fingerprint density at radius 3 is 1.31 bits per heavy atom. The minimum atomic E-state index is -4.29. The van der Waals surface area contributed by atoms with Crippen molar-refractivity contribution in [1.29, 1.82) is 0 Å². The highest BCUT2D eigenvalue weighted by Gasteiger charge is 2.19. The summed E-state index contributed by atoms with van der Waals surface area (Å²) in [7, 11) is -4.29. The van der Waals surface area contributed by atoms with Gasteiger partial charge in [-0.15, -0.1) is 0 Å². The normalized spacial score (nSPS) is 12.0. The molecule has 1 N–H and O–H groups in total. The van der Waals surface area contributed by atoms with Gasteiger partial charge in [-0.1, -0.05) is 179 Å². The second-order valence-corrected chi connectivity index (χ2v) is 14.2. The zero-order chi connectivity index (χ0) is 30.3. The van der Waals surface area contributed by atoms with Gasteiger partial charge in [-0.2, -0.15) is 8.42 Å². The van der Waals surface area contributed by atoms with Gasteiger partial charge in [-0.05, 0) is 48.3 Å². The molecule has 2 aromatic rings. The number of hydrogen-bond acceptors (Lipinski definition) is 2. The van der Waals surface area contributed by atoms with E-state index in [1.54, 1.807) is 0 Å². The Morgan fingerprint density at radius 1 is 0.500 bits per heavy atom. The van der Waals surface area contributed by atoms with E-state index < -0.39 is 10.1 Å². The summed E-state index contributed by atoms with van der Waals surface area (Å²) < 4.78 is 35.3. The summed E-state index contributed by atoms with van der Waals surface area (Å²) >= 11 is 0. The fourth-order valence-corrected chi connectivity index (χ4v) is 7.32. The molecule has 0 aromatic heterocycles. The number of aryl methyl sites for hydroxylation is 2. The lowest BCUT2D eigenvalue weighted by Gasteiger charge is -2.12.